The predicted octanol–water partition coefficient (Wildman–Crippen LogP) is 1.79. The maximum absolute atomic E-state index is 12.3. The molecule has 0 unspecified atom stereocenters. The van der Waals surface area contributed by atoms with Gasteiger partial charge in [-0.25, -0.2) is 0 Å². The fourth-order valence-electron chi connectivity index (χ4n) is 2.02. The van der Waals surface area contributed by atoms with Gasteiger partial charge in [0.1, 0.15) is 6.04 Å². The van der Waals surface area contributed by atoms with E-state index in [-0.39, 0.29) is 11.5 Å². The Morgan fingerprint density at radius 1 is 1.09 bits per heavy atom. The molecule has 0 aliphatic carbocycles. The largest absolute Gasteiger partial charge is 0.366 e. The van der Waals surface area contributed by atoms with Crippen molar-refractivity contribution in [3.05, 3.63) is 12.2 Å². The van der Waals surface area contributed by atoms with Gasteiger partial charge < -0.3 is 16.4 Å². The van der Waals surface area contributed by atoms with E-state index in [0.29, 0.717) is 6.42 Å². The maximum atomic E-state index is 12.3. The van der Waals surface area contributed by atoms with Crippen molar-refractivity contribution in [1.82, 2.24) is 10.6 Å². The Morgan fingerprint density at radius 2 is 1.65 bits per heavy atom. The molecule has 23 heavy (non-hydrogen) atoms. The summed E-state index contributed by atoms with van der Waals surface area (Å²) in [6.45, 7) is 11.1. The highest BCUT2D eigenvalue weighted by Gasteiger charge is 2.28. The number of rotatable bonds is 10. The van der Waals surface area contributed by atoms with Crippen LogP contribution in [0.15, 0.2) is 12.2 Å². The van der Waals surface area contributed by atoms with Crippen LogP contribution in [0.25, 0.3) is 0 Å². The molecule has 6 heteroatoms. The Kier molecular flexibility index (Phi) is 9.22. The molecule has 0 aromatic carbocycles. The van der Waals surface area contributed by atoms with Crippen molar-refractivity contribution in [2.75, 3.05) is 0 Å². The van der Waals surface area contributed by atoms with E-state index in [9.17, 15) is 14.4 Å². The Labute approximate surface area is 139 Å². The van der Waals surface area contributed by atoms with E-state index < -0.39 is 23.4 Å². The second-order valence-corrected chi connectivity index (χ2v) is 6.79. The number of carbonyl (C=O) groups is 3. The van der Waals surface area contributed by atoms with Gasteiger partial charge in [0.05, 0.1) is 0 Å². The van der Waals surface area contributed by atoms with E-state index in [2.05, 4.69) is 24.1 Å². The van der Waals surface area contributed by atoms with Gasteiger partial charge >= 0.3 is 0 Å². The second kappa shape index (κ2) is 10.0. The molecule has 132 valence electrons. The average molecular weight is 325 g/mol. The van der Waals surface area contributed by atoms with Crippen molar-refractivity contribution in [1.29, 1.82) is 0 Å². The molecule has 1 atom stereocenters. The fourth-order valence-corrected chi connectivity index (χ4v) is 2.02. The number of nitrogens with one attached hydrogen (secondary N) is 2. The summed E-state index contributed by atoms with van der Waals surface area (Å²) in [6.07, 6.45) is 5.41. The van der Waals surface area contributed by atoms with Gasteiger partial charge in [0.25, 0.3) is 0 Å². The first-order chi connectivity index (χ1) is 10.6. The summed E-state index contributed by atoms with van der Waals surface area (Å²) < 4.78 is 0. The van der Waals surface area contributed by atoms with Crippen molar-refractivity contribution >= 4 is 17.7 Å². The minimum absolute atomic E-state index is 0.119. The van der Waals surface area contributed by atoms with Crippen molar-refractivity contribution in [3.63, 3.8) is 0 Å². The Morgan fingerprint density at radius 3 is 2.13 bits per heavy atom. The Bertz CT molecular complexity index is 439. The van der Waals surface area contributed by atoms with Crippen molar-refractivity contribution in [2.24, 2.45) is 5.73 Å². The molecule has 0 aliphatic heterocycles. The second-order valence-electron chi connectivity index (χ2n) is 6.79. The Balaban J connectivity index is 4.64. The first-order valence-electron chi connectivity index (χ1n) is 8.18. The zero-order chi connectivity index (χ0) is 18.0. The monoisotopic (exact) mass is 325 g/mol. The number of unbranched alkanes of at least 4 members (excludes halogenated alkanes) is 4. The van der Waals surface area contributed by atoms with Crippen LogP contribution in [-0.4, -0.2) is 29.3 Å². The molecule has 4 N–H and O–H groups in total. The first-order valence-corrected chi connectivity index (χ1v) is 8.18. The van der Waals surface area contributed by atoms with Crippen LogP contribution in [0.1, 0.15) is 66.2 Å². The van der Waals surface area contributed by atoms with Gasteiger partial charge in [-0.2, -0.15) is 0 Å². The van der Waals surface area contributed by atoms with Gasteiger partial charge in [0.2, 0.25) is 17.7 Å². The van der Waals surface area contributed by atoms with E-state index in [0.717, 1.165) is 32.1 Å². The van der Waals surface area contributed by atoms with Gasteiger partial charge in [-0.3, -0.25) is 14.4 Å². The molecule has 0 aromatic rings. The SMILES string of the molecule is C=C(C(N)=O)[C@@H](NC(=O)CCCCCCC)C(=O)NC(C)(C)C. The van der Waals surface area contributed by atoms with Crippen LogP contribution in [-0.2, 0) is 14.4 Å². The van der Waals surface area contributed by atoms with Crippen LogP contribution in [0.5, 0.6) is 0 Å². The smallest absolute Gasteiger partial charge is 0.247 e. The van der Waals surface area contributed by atoms with E-state index in [1.807, 2.05) is 20.8 Å². The lowest BCUT2D eigenvalue weighted by atomic mass is 10.0. The molecule has 0 spiro atoms. The summed E-state index contributed by atoms with van der Waals surface area (Å²) in [6, 6.07) is -1.13. The molecule has 0 saturated carbocycles. The molecule has 3 amide bonds. The maximum Gasteiger partial charge on any atom is 0.247 e. The van der Waals surface area contributed by atoms with E-state index in [1.54, 1.807) is 0 Å². The third kappa shape index (κ3) is 9.71. The van der Waals surface area contributed by atoms with Crippen LogP contribution in [0.3, 0.4) is 0 Å². The minimum atomic E-state index is -1.13. The zero-order valence-electron chi connectivity index (χ0n) is 14.8. The number of primary amides is 1. The lowest BCUT2D eigenvalue weighted by Crippen LogP contribution is -2.54. The first kappa shape index (κ1) is 21.1. The third-order valence-electron chi connectivity index (χ3n) is 3.24. The summed E-state index contributed by atoms with van der Waals surface area (Å²) in [5, 5.41) is 5.28. The molecular weight excluding hydrogens is 294 g/mol. The molecule has 0 rings (SSSR count). The van der Waals surface area contributed by atoms with Gasteiger partial charge in [-0.1, -0.05) is 39.2 Å². The quantitative estimate of drug-likeness (QED) is 0.421. The fraction of sp³-hybridized carbons (Fsp3) is 0.706. The average Bonchev–Trinajstić information content (AvgIpc) is 2.41. The summed E-state index contributed by atoms with van der Waals surface area (Å²) in [4.78, 5) is 35.6. The van der Waals surface area contributed by atoms with E-state index in [4.69, 9.17) is 5.73 Å². The highest BCUT2D eigenvalue weighted by Crippen LogP contribution is 2.08. The molecule has 0 saturated heterocycles. The highest BCUT2D eigenvalue weighted by molar-refractivity contribution is 6.02. The topological polar surface area (TPSA) is 101 Å². The molecule has 0 aliphatic rings. The van der Waals surface area contributed by atoms with Gasteiger partial charge in [-0.15, -0.1) is 0 Å². The van der Waals surface area contributed by atoms with Crippen molar-refractivity contribution in [3.8, 4) is 0 Å². The summed E-state index contributed by atoms with van der Waals surface area (Å²) >= 11 is 0. The summed E-state index contributed by atoms with van der Waals surface area (Å²) in [5.41, 5.74) is 4.59. The number of amides is 3. The standard InChI is InChI=1S/C17H31N3O3/c1-6-7-8-9-10-11-13(21)19-14(12(2)15(18)22)16(23)20-17(3,4)5/h14H,2,6-11H2,1,3-5H3,(H2,18,22)(H,19,21)(H,20,23)/t14-/m1/s1. The summed E-state index contributed by atoms with van der Waals surface area (Å²) in [5.74, 6) is -1.57. The molecule has 6 nitrogen and oxygen atoms in total. The predicted molar refractivity (Wildman–Crippen MR) is 91.5 cm³/mol. The van der Waals surface area contributed by atoms with Gasteiger partial charge in [0.15, 0.2) is 0 Å². The van der Waals surface area contributed by atoms with Crippen LogP contribution >= 0.6 is 0 Å². The Hall–Kier alpha value is -1.85. The van der Waals surface area contributed by atoms with Gasteiger partial charge in [0, 0.05) is 17.5 Å². The van der Waals surface area contributed by atoms with Crippen LogP contribution < -0.4 is 16.4 Å². The molecule has 0 bridgehead atoms. The molecule has 0 aromatic heterocycles. The minimum Gasteiger partial charge on any atom is -0.366 e. The normalized spacial score (nSPS) is 12.3. The molecule has 0 radical (unpaired) electrons. The van der Waals surface area contributed by atoms with Crippen molar-refractivity contribution < 1.29 is 14.4 Å². The van der Waals surface area contributed by atoms with E-state index in [1.165, 1.54) is 0 Å². The number of hydrogen-bond acceptors (Lipinski definition) is 3. The number of carbonyl (C=O) groups excluding carboxylic acids is 3. The number of hydrogen-bond donors (Lipinski definition) is 3. The number of nitrogens with two attached hydrogens (primary N) is 1. The molecule has 0 fully saturated rings. The zero-order valence-corrected chi connectivity index (χ0v) is 14.8. The molecule has 0 heterocycles. The lowest BCUT2D eigenvalue weighted by molar-refractivity contribution is -0.130. The third-order valence-corrected chi connectivity index (χ3v) is 3.24. The van der Waals surface area contributed by atoms with E-state index >= 15 is 0 Å². The molecular formula is C17H31N3O3. The van der Waals surface area contributed by atoms with Gasteiger partial charge in [-0.05, 0) is 27.2 Å². The highest BCUT2D eigenvalue weighted by atomic mass is 16.2. The van der Waals surface area contributed by atoms with Crippen molar-refractivity contribution in [2.45, 2.75) is 77.8 Å². The summed E-state index contributed by atoms with van der Waals surface area (Å²) in [7, 11) is 0. The van der Waals surface area contributed by atoms with Crippen LogP contribution in [0, 0.1) is 0 Å². The van der Waals surface area contributed by atoms with Crippen LogP contribution in [0.4, 0.5) is 0 Å². The lowest BCUT2D eigenvalue weighted by Gasteiger charge is -2.25. The van der Waals surface area contributed by atoms with Crippen LogP contribution in [0.2, 0.25) is 0 Å².